The fourth-order valence-electron chi connectivity index (χ4n) is 0.882. The van der Waals surface area contributed by atoms with Crippen LogP contribution in [-0.2, 0) is 11.3 Å². The third-order valence-corrected chi connectivity index (χ3v) is 1.66. The summed E-state index contributed by atoms with van der Waals surface area (Å²) in [5.74, 6) is 0.422. The molecule has 7 heteroatoms. The lowest BCUT2D eigenvalue weighted by Gasteiger charge is -2.04. The SMILES string of the molecule is CC(N)CCC(=O)NCc1nn[nH]n1. The van der Waals surface area contributed by atoms with E-state index < -0.39 is 0 Å². The maximum Gasteiger partial charge on any atom is 0.220 e. The molecule has 1 atom stereocenters. The summed E-state index contributed by atoms with van der Waals surface area (Å²) in [6.07, 6.45) is 1.10. The number of amides is 1. The minimum absolute atomic E-state index is 0.0472. The minimum atomic E-state index is -0.0490. The minimum Gasteiger partial charge on any atom is -0.349 e. The highest BCUT2D eigenvalue weighted by Gasteiger charge is 2.04. The number of hydrogen-bond donors (Lipinski definition) is 3. The highest BCUT2D eigenvalue weighted by atomic mass is 16.1. The number of tetrazole rings is 1. The highest BCUT2D eigenvalue weighted by molar-refractivity contribution is 5.75. The van der Waals surface area contributed by atoms with E-state index in [2.05, 4.69) is 25.9 Å². The van der Waals surface area contributed by atoms with E-state index in [0.717, 1.165) is 0 Å². The third kappa shape index (κ3) is 3.94. The molecule has 14 heavy (non-hydrogen) atoms. The van der Waals surface area contributed by atoms with Crippen LogP contribution in [0.2, 0.25) is 0 Å². The number of hydrogen-bond acceptors (Lipinski definition) is 5. The summed E-state index contributed by atoms with van der Waals surface area (Å²) in [6.45, 7) is 2.17. The van der Waals surface area contributed by atoms with Crippen molar-refractivity contribution in [3.8, 4) is 0 Å². The summed E-state index contributed by atoms with van der Waals surface area (Å²) in [6, 6.07) is 0.0472. The standard InChI is InChI=1S/C7H14N6O/c1-5(8)2-3-7(14)9-4-6-10-12-13-11-6/h5H,2-4,8H2,1H3,(H,9,14)(H,10,11,12,13). The van der Waals surface area contributed by atoms with E-state index in [0.29, 0.717) is 25.2 Å². The van der Waals surface area contributed by atoms with Gasteiger partial charge < -0.3 is 11.1 Å². The van der Waals surface area contributed by atoms with Crippen molar-refractivity contribution < 1.29 is 4.79 Å². The Hall–Kier alpha value is -1.50. The second-order valence-electron chi connectivity index (χ2n) is 3.12. The molecule has 1 amide bonds. The molecule has 0 aliphatic carbocycles. The smallest absolute Gasteiger partial charge is 0.220 e. The second-order valence-corrected chi connectivity index (χ2v) is 3.12. The number of aromatic amines is 1. The highest BCUT2D eigenvalue weighted by Crippen LogP contribution is 1.93. The van der Waals surface area contributed by atoms with Crippen molar-refractivity contribution in [2.24, 2.45) is 5.73 Å². The van der Waals surface area contributed by atoms with Gasteiger partial charge in [0.05, 0.1) is 6.54 Å². The molecule has 1 aromatic heterocycles. The molecule has 1 unspecified atom stereocenters. The van der Waals surface area contributed by atoms with Gasteiger partial charge in [0.1, 0.15) is 0 Å². The van der Waals surface area contributed by atoms with Crippen LogP contribution in [0.3, 0.4) is 0 Å². The Morgan fingerprint density at radius 2 is 2.50 bits per heavy atom. The van der Waals surface area contributed by atoms with E-state index in [-0.39, 0.29) is 11.9 Å². The van der Waals surface area contributed by atoms with Crippen molar-refractivity contribution in [3.63, 3.8) is 0 Å². The molecule has 0 spiro atoms. The number of nitrogens with two attached hydrogens (primary N) is 1. The van der Waals surface area contributed by atoms with Crippen molar-refractivity contribution in [2.75, 3.05) is 0 Å². The molecule has 0 bridgehead atoms. The first-order chi connectivity index (χ1) is 6.68. The van der Waals surface area contributed by atoms with Gasteiger partial charge in [0.15, 0.2) is 5.82 Å². The number of nitrogens with zero attached hydrogens (tertiary/aromatic N) is 3. The zero-order valence-electron chi connectivity index (χ0n) is 8.03. The van der Waals surface area contributed by atoms with Crippen molar-refractivity contribution >= 4 is 5.91 Å². The van der Waals surface area contributed by atoms with Gasteiger partial charge in [-0.15, -0.1) is 10.2 Å². The fourth-order valence-corrected chi connectivity index (χ4v) is 0.882. The summed E-state index contributed by atoms with van der Waals surface area (Å²) in [7, 11) is 0. The molecule has 0 saturated heterocycles. The number of nitrogens with one attached hydrogen (secondary N) is 2. The van der Waals surface area contributed by atoms with Gasteiger partial charge >= 0.3 is 0 Å². The monoisotopic (exact) mass is 198 g/mol. The quantitative estimate of drug-likeness (QED) is 0.559. The lowest BCUT2D eigenvalue weighted by atomic mass is 10.2. The number of carbonyl (C=O) groups is 1. The molecule has 0 aliphatic heterocycles. The van der Waals surface area contributed by atoms with Crippen molar-refractivity contribution in [1.82, 2.24) is 25.9 Å². The van der Waals surface area contributed by atoms with E-state index in [1.807, 2.05) is 6.92 Å². The Morgan fingerprint density at radius 1 is 1.71 bits per heavy atom. The first-order valence-electron chi connectivity index (χ1n) is 4.43. The van der Waals surface area contributed by atoms with Gasteiger partial charge in [-0.2, -0.15) is 5.21 Å². The van der Waals surface area contributed by atoms with Gasteiger partial charge in [-0.1, -0.05) is 5.21 Å². The van der Waals surface area contributed by atoms with E-state index in [1.165, 1.54) is 0 Å². The number of carbonyl (C=O) groups excluding carboxylic acids is 1. The number of aromatic nitrogens is 4. The molecule has 1 rings (SSSR count). The normalized spacial score (nSPS) is 12.4. The Balaban J connectivity index is 2.15. The zero-order valence-corrected chi connectivity index (χ0v) is 8.03. The van der Waals surface area contributed by atoms with Crippen LogP contribution in [0, 0.1) is 0 Å². The van der Waals surface area contributed by atoms with E-state index in [4.69, 9.17) is 5.73 Å². The predicted molar refractivity (Wildman–Crippen MR) is 48.9 cm³/mol. The molecule has 1 heterocycles. The van der Waals surface area contributed by atoms with Gasteiger partial charge in [-0.3, -0.25) is 4.79 Å². The zero-order chi connectivity index (χ0) is 10.4. The van der Waals surface area contributed by atoms with Gasteiger partial charge in [0.25, 0.3) is 0 Å². The molecule has 1 aromatic rings. The maximum atomic E-state index is 11.2. The average Bonchev–Trinajstić information content (AvgIpc) is 2.63. The lowest BCUT2D eigenvalue weighted by Crippen LogP contribution is -2.25. The molecule has 0 fully saturated rings. The summed E-state index contributed by atoms with van der Waals surface area (Å²) in [4.78, 5) is 11.2. The van der Waals surface area contributed by atoms with Gasteiger partial charge in [0.2, 0.25) is 5.91 Å². The van der Waals surface area contributed by atoms with Crippen LogP contribution in [0.15, 0.2) is 0 Å². The Kier molecular flexibility index (Phi) is 3.99. The van der Waals surface area contributed by atoms with E-state index in [9.17, 15) is 4.79 Å². The molecule has 0 aromatic carbocycles. The molecule has 0 radical (unpaired) electrons. The van der Waals surface area contributed by atoms with E-state index >= 15 is 0 Å². The molecule has 7 nitrogen and oxygen atoms in total. The topological polar surface area (TPSA) is 110 Å². The van der Waals surface area contributed by atoms with Crippen LogP contribution in [0.4, 0.5) is 0 Å². The van der Waals surface area contributed by atoms with Crippen molar-refractivity contribution in [2.45, 2.75) is 32.4 Å². The Labute approximate surface area is 81.4 Å². The summed E-state index contributed by atoms with van der Waals surface area (Å²) >= 11 is 0. The fraction of sp³-hybridized carbons (Fsp3) is 0.714. The predicted octanol–water partition coefficient (Wildman–Crippen LogP) is -1.06. The first kappa shape index (κ1) is 10.6. The van der Waals surface area contributed by atoms with Crippen LogP contribution in [-0.4, -0.2) is 32.6 Å². The molecule has 0 saturated carbocycles. The van der Waals surface area contributed by atoms with Gasteiger partial charge in [-0.25, -0.2) is 0 Å². The van der Waals surface area contributed by atoms with Crippen LogP contribution in [0.1, 0.15) is 25.6 Å². The largest absolute Gasteiger partial charge is 0.349 e. The summed E-state index contributed by atoms with van der Waals surface area (Å²) in [5.41, 5.74) is 5.51. The number of H-pyrrole nitrogens is 1. The molecule has 0 aliphatic rings. The van der Waals surface area contributed by atoms with Crippen molar-refractivity contribution in [3.05, 3.63) is 5.82 Å². The average molecular weight is 198 g/mol. The van der Waals surface area contributed by atoms with Crippen LogP contribution in [0.25, 0.3) is 0 Å². The van der Waals surface area contributed by atoms with E-state index in [1.54, 1.807) is 0 Å². The summed E-state index contributed by atoms with van der Waals surface area (Å²) in [5, 5.41) is 15.7. The van der Waals surface area contributed by atoms with Crippen molar-refractivity contribution in [1.29, 1.82) is 0 Å². The lowest BCUT2D eigenvalue weighted by molar-refractivity contribution is -0.121. The van der Waals surface area contributed by atoms with Crippen LogP contribution < -0.4 is 11.1 Å². The van der Waals surface area contributed by atoms with Gasteiger partial charge in [-0.05, 0) is 13.3 Å². The third-order valence-electron chi connectivity index (χ3n) is 1.66. The molecule has 78 valence electrons. The molecule has 4 N–H and O–H groups in total. The van der Waals surface area contributed by atoms with Crippen LogP contribution in [0.5, 0.6) is 0 Å². The molecular formula is C7H14N6O. The maximum absolute atomic E-state index is 11.2. The Bertz CT molecular complexity index is 270. The molecular weight excluding hydrogens is 184 g/mol. The Morgan fingerprint density at radius 3 is 3.07 bits per heavy atom. The second kappa shape index (κ2) is 5.28. The number of rotatable bonds is 5. The first-order valence-corrected chi connectivity index (χ1v) is 4.43. The van der Waals surface area contributed by atoms with Crippen LogP contribution >= 0.6 is 0 Å². The van der Waals surface area contributed by atoms with Gasteiger partial charge in [0, 0.05) is 12.5 Å². The summed E-state index contributed by atoms with van der Waals surface area (Å²) < 4.78 is 0.